The lowest BCUT2D eigenvalue weighted by atomic mass is 10.00. The van der Waals surface area contributed by atoms with Crippen LogP contribution in [0.3, 0.4) is 0 Å². The number of hydrogen-bond acceptors (Lipinski definition) is 2. The highest BCUT2D eigenvalue weighted by Gasteiger charge is 2.11. The van der Waals surface area contributed by atoms with E-state index in [0.29, 0.717) is 23.0 Å². The van der Waals surface area contributed by atoms with Crippen molar-refractivity contribution >= 4 is 72.5 Å². The molecule has 152 valence electrons. The molecule has 4 rings (SSSR count). The van der Waals surface area contributed by atoms with Gasteiger partial charge in [0.25, 0.3) is 0 Å². The zero-order valence-corrected chi connectivity index (χ0v) is 20.8. The second-order valence-electron chi connectivity index (χ2n) is 6.96. The van der Waals surface area contributed by atoms with Gasteiger partial charge in [0.15, 0.2) is 5.75 Å². The van der Waals surface area contributed by atoms with E-state index >= 15 is 0 Å². The molecule has 0 spiro atoms. The number of hydrogen-bond donors (Lipinski definition) is 0. The summed E-state index contributed by atoms with van der Waals surface area (Å²) >= 11 is 12.3. The molecule has 4 aromatic carbocycles. The van der Waals surface area contributed by atoms with Gasteiger partial charge in [-0.3, -0.25) is 0 Å². The quantitative estimate of drug-likeness (QED) is 0.131. The molecule has 0 fully saturated rings. The number of nitrogens with zero attached hydrogens (tertiary/aromatic N) is 1. The molecular weight excluding hydrogens is 585 g/mol. The number of allylic oxidation sites excluding steroid dienone is 1. The second kappa shape index (κ2) is 9.86. The first-order valence-corrected chi connectivity index (χ1v) is 11.8. The number of nitriles is 1. The van der Waals surface area contributed by atoms with Gasteiger partial charge in [0, 0.05) is 3.57 Å². The molecule has 4 aromatic rings. The van der Waals surface area contributed by atoms with Crippen LogP contribution < -0.4 is 4.74 Å². The molecule has 0 saturated carbocycles. The molecule has 31 heavy (non-hydrogen) atoms. The van der Waals surface area contributed by atoms with Gasteiger partial charge >= 0.3 is 0 Å². The van der Waals surface area contributed by atoms with Crippen molar-refractivity contribution in [3.8, 4) is 11.8 Å². The first-order chi connectivity index (χ1) is 15.0. The second-order valence-corrected chi connectivity index (χ2v) is 9.47. The number of ether oxygens (including phenoxy) is 1. The largest absolute Gasteiger partial charge is 0.486 e. The molecule has 0 aliphatic heterocycles. The number of benzene rings is 4. The molecule has 2 nitrogen and oxygen atoms in total. The maximum atomic E-state index is 9.75. The smallest absolute Gasteiger partial charge is 0.152 e. The van der Waals surface area contributed by atoms with Gasteiger partial charge in [0.05, 0.1) is 21.1 Å². The summed E-state index contributed by atoms with van der Waals surface area (Å²) in [7, 11) is 0. The first-order valence-electron chi connectivity index (χ1n) is 9.51. The Morgan fingerprint density at radius 3 is 2.45 bits per heavy atom. The first kappa shape index (κ1) is 21.9. The molecule has 0 aliphatic carbocycles. The van der Waals surface area contributed by atoms with Crippen molar-refractivity contribution in [2.24, 2.45) is 0 Å². The molecule has 0 N–H and O–H groups in total. The Labute approximate surface area is 208 Å². The molecule has 0 saturated heterocycles. The predicted octanol–water partition coefficient (Wildman–Crippen LogP) is 8.50. The summed E-state index contributed by atoms with van der Waals surface area (Å²) in [6.45, 7) is 0.422. The molecule has 0 amide bonds. The van der Waals surface area contributed by atoms with Crippen molar-refractivity contribution in [3.05, 3.63) is 109 Å². The summed E-state index contributed by atoms with van der Waals surface area (Å²) < 4.78 is 7.87. The Morgan fingerprint density at radius 2 is 1.74 bits per heavy atom. The molecule has 0 unspecified atom stereocenters. The minimum absolute atomic E-state index is 0.422. The van der Waals surface area contributed by atoms with Gasteiger partial charge in [-0.05, 0) is 102 Å². The van der Waals surface area contributed by atoms with Crippen LogP contribution in [0.4, 0.5) is 0 Å². The summed E-state index contributed by atoms with van der Waals surface area (Å²) in [5, 5.41) is 12.5. The normalized spacial score (nSPS) is 11.4. The number of fused-ring (bicyclic) bond motifs is 1. The summed E-state index contributed by atoms with van der Waals surface area (Å²) in [4.78, 5) is 0. The fraction of sp³-hybridized carbons (Fsp3) is 0.0385. The highest BCUT2D eigenvalue weighted by Crippen LogP contribution is 2.36. The molecule has 0 aliphatic rings. The van der Waals surface area contributed by atoms with E-state index in [1.54, 1.807) is 0 Å². The van der Waals surface area contributed by atoms with Crippen LogP contribution in [0.25, 0.3) is 22.4 Å². The Balaban J connectivity index is 1.60. The van der Waals surface area contributed by atoms with Crippen LogP contribution in [-0.2, 0) is 6.61 Å². The maximum Gasteiger partial charge on any atom is 0.152 e. The maximum absolute atomic E-state index is 9.75. The molecule has 0 bridgehead atoms. The molecule has 0 heterocycles. The summed E-state index contributed by atoms with van der Waals surface area (Å²) in [6, 6.07) is 28.3. The van der Waals surface area contributed by atoms with Gasteiger partial charge in [-0.1, -0.05) is 60.1 Å². The molecular formula is C26H16BrClINO. The zero-order valence-electron chi connectivity index (χ0n) is 16.3. The van der Waals surface area contributed by atoms with Crippen LogP contribution in [0.15, 0.2) is 83.3 Å². The molecule has 0 radical (unpaired) electrons. The van der Waals surface area contributed by atoms with Crippen molar-refractivity contribution in [2.45, 2.75) is 6.61 Å². The Kier molecular flexibility index (Phi) is 6.96. The third-order valence-corrected chi connectivity index (χ3v) is 6.40. The lowest BCUT2D eigenvalue weighted by Gasteiger charge is -2.12. The van der Waals surface area contributed by atoms with E-state index in [1.165, 1.54) is 3.57 Å². The average molecular weight is 601 g/mol. The summed E-state index contributed by atoms with van der Waals surface area (Å²) in [6.07, 6.45) is 1.84. The minimum atomic E-state index is 0.422. The van der Waals surface area contributed by atoms with Crippen molar-refractivity contribution in [1.29, 1.82) is 5.26 Å². The van der Waals surface area contributed by atoms with Gasteiger partial charge in [0.2, 0.25) is 0 Å². The standard InChI is InChI=1S/C26H16BrClINO/c27-24-12-18(13-25(28)26(24)31-16-17-5-9-23(29)10-6-17)11-22(15-30)21-8-7-19-3-1-2-4-20(19)14-21/h1-14H,16H2/b22-11-. The van der Waals surface area contributed by atoms with Gasteiger partial charge in [-0.15, -0.1) is 0 Å². The molecule has 0 atom stereocenters. The monoisotopic (exact) mass is 599 g/mol. The van der Waals surface area contributed by atoms with Crippen LogP contribution in [0, 0.1) is 14.9 Å². The van der Waals surface area contributed by atoms with E-state index in [2.05, 4.69) is 50.7 Å². The van der Waals surface area contributed by atoms with Crippen LogP contribution in [0.1, 0.15) is 16.7 Å². The Bertz CT molecular complexity index is 1300. The SMILES string of the molecule is N#C/C(=C/c1cc(Cl)c(OCc2ccc(I)cc2)c(Br)c1)c1ccc2ccccc2c1. The topological polar surface area (TPSA) is 33.0 Å². The zero-order chi connectivity index (χ0) is 21.8. The molecule has 0 aromatic heterocycles. The van der Waals surface area contributed by atoms with Crippen LogP contribution in [0.5, 0.6) is 5.75 Å². The average Bonchev–Trinajstić information content (AvgIpc) is 2.78. The van der Waals surface area contributed by atoms with Crippen LogP contribution >= 0.6 is 50.1 Å². The van der Waals surface area contributed by atoms with Gasteiger partial charge in [-0.2, -0.15) is 5.26 Å². The van der Waals surface area contributed by atoms with Crippen LogP contribution in [-0.4, -0.2) is 0 Å². The lowest BCUT2D eigenvalue weighted by molar-refractivity contribution is 0.304. The van der Waals surface area contributed by atoms with E-state index in [-0.39, 0.29) is 0 Å². The fourth-order valence-electron chi connectivity index (χ4n) is 3.24. The van der Waals surface area contributed by atoms with Crippen molar-refractivity contribution in [2.75, 3.05) is 0 Å². The van der Waals surface area contributed by atoms with E-state index in [9.17, 15) is 5.26 Å². The van der Waals surface area contributed by atoms with Crippen molar-refractivity contribution in [1.82, 2.24) is 0 Å². The van der Waals surface area contributed by atoms with E-state index < -0.39 is 0 Å². The van der Waals surface area contributed by atoms with Crippen LogP contribution in [0.2, 0.25) is 5.02 Å². The van der Waals surface area contributed by atoms with E-state index in [0.717, 1.165) is 31.9 Å². The minimum Gasteiger partial charge on any atom is -0.486 e. The van der Waals surface area contributed by atoms with Gasteiger partial charge < -0.3 is 4.74 Å². The van der Waals surface area contributed by atoms with Gasteiger partial charge in [0.1, 0.15) is 6.61 Å². The Morgan fingerprint density at radius 1 is 1.00 bits per heavy atom. The van der Waals surface area contributed by atoms with E-state index in [4.69, 9.17) is 16.3 Å². The van der Waals surface area contributed by atoms with Crippen molar-refractivity contribution in [3.63, 3.8) is 0 Å². The molecule has 5 heteroatoms. The fourth-order valence-corrected chi connectivity index (χ4v) is 4.59. The third-order valence-electron chi connectivity index (χ3n) is 4.81. The highest BCUT2D eigenvalue weighted by atomic mass is 127. The third kappa shape index (κ3) is 5.30. The number of rotatable bonds is 5. The summed E-state index contributed by atoms with van der Waals surface area (Å²) in [5.41, 5.74) is 3.33. The lowest BCUT2D eigenvalue weighted by Crippen LogP contribution is -1.97. The predicted molar refractivity (Wildman–Crippen MR) is 140 cm³/mol. The summed E-state index contributed by atoms with van der Waals surface area (Å²) in [5.74, 6) is 0.585. The van der Waals surface area contributed by atoms with Gasteiger partial charge in [-0.25, -0.2) is 0 Å². The highest BCUT2D eigenvalue weighted by molar-refractivity contribution is 14.1. The number of halogens is 3. The van der Waals surface area contributed by atoms with Crippen molar-refractivity contribution < 1.29 is 4.74 Å². The van der Waals surface area contributed by atoms with E-state index in [1.807, 2.05) is 78.9 Å². The Hall–Kier alpha value is -2.33.